The van der Waals surface area contributed by atoms with E-state index in [1.165, 1.54) is 20.8 Å². The molecule has 1 N–H and O–H groups in total. The number of anilines is 1. The molecular weight excluding hydrogens is 329 g/mol. The number of carbonyl (C=O) groups is 1. The highest BCUT2D eigenvalue weighted by atomic mass is 35.5. The minimum Gasteiger partial charge on any atom is -0.444 e. The van der Waals surface area contributed by atoms with Crippen LogP contribution < -0.4 is 5.32 Å². The number of ether oxygens (including phenoxy) is 1. The monoisotopic (exact) mass is 340 g/mol. The van der Waals surface area contributed by atoms with Crippen molar-refractivity contribution in [2.45, 2.75) is 32.5 Å². The van der Waals surface area contributed by atoms with Crippen LogP contribution in [0.15, 0.2) is 12.1 Å². The topological polar surface area (TPSA) is 81.5 Å². The van der Waals surface area contributed by atoms with Gasteiger partial charge in [-0.3, -0.25) is 15.4 Å². The van der Waals surface area contributed by atoms with E-state index in [1.807, 2.05) is 5.32 Å². The summed E-state index contributed by atoms with van der Waals surface area (Å²) in [5.74, 6) is 0. The molecule has 0 aromatic heterocycles. The molecule has 0 aliphatic carbocycles. The summed E-state index contributed by atoms with van der Waals surface area (Å²) in [6.07, 6.45) is -5.94. The number of hydrogen-bond donors (Lipinski definition) is 1. The van der Waals surface area contributed by atoms with E-state index < -0.39 is 44.8 Å². The van der Waals surface area contributed by atoms with Crippen LogP contribution in [0.3, 0.4) is 0 Å². The van der Waals surface area contributed by atoms with Crippen LogP contribution in [0.25, 0.3) is 0 Å². The quantitative estimate of drug-likeness (QED) is 0.629. The van der Waals surface area contributed by atoms with E-state index in [4.69, 9.17) is 16.3 Å². The average Bonchev–Trinajstić information content (AvgIpc) is 2.26. The Morgan fingerprint density at radius 1 is 1.32 bits per heavy atom. The fraction of sp³-hybridized carbons (Fsp3) is 0.417. The predicted octanol–water partition coefficient (Wildman–Crippen LogP) is 4.61. The minimum atomic E-state index is -4.82. The summed E-state index contributed by atoms with van der Waals surface area (Å²) in [5.41, 5.74) is -3.65. The number of nitro benzene ring substituents is 1. The molecule has 6 nitrogen and oxygen atoms in total. The Morgan fingerprint density at radius 3 is 2.27 bits per heavy atom. The zero-order valence-corrected chi connectivity index (χ0v) is 12.5. The second-order valence-corrected chi connectivity index (χ2v) is 5.64. The highest BCUT2D eigenvalue weighted by Crippen LogP contribution is 2.40. The van der Waals surface area contributed by atoms with Crippen LogP contribution in [-0.2, 0) is 10.9 Å². The zero-order valence-electron chi connectivity index (χ0n) is 11.7. The Hall–Kier alpha value is -2.03. The molecule has 10 heteroatoms. The van der Waals surface area contributed by atoms with Gasteiger partial charge in [-0.15, -0.1) is 0 Å². The van der Waals surface area contributed by atoms with Crippen molar-refractivity contribution in [3.63, 3.8) is 0 Å². The van der Waals surface area contributed by atoms with Crippen molar-refractivity contribution in [1.29, 1.82) is 0 Å². The number of benzene rings is 1. The molecule has 0 heterocycles. The number of carbonyl (C=O) groups excluding carboxylic acids is 1. The number of amides is 1. The van der Waals surface area contributed by atoms with Crippen molar-refractivity contribution >= 4 is 29.1 Å². The van der Waals surface area contributed by atoms with Crippen LogP contribution in [0, 0.1) is 10.1 Å². The van der Waals surface area contributed by atoms with Crippen LogP contribution >= 0.6 is 11.6 Å². The maximum atomic E-state index is 12.8. The van der Waals surface area contributed by atoms with Crippen molar-refractivity contribution < 1.29 is 27.6 Å². The van der Waals surface area contributed by atoms with Gasteiger partial charge in [0.05, 0.1) is 15.5 Å². The molecule has 22 heavy (non-hydrogen) atoms. The first-order chi connectivity index (χ1) is 9.81. The standard InChI is InChI=1S/C12H12ClF3N2O4/c1-11(2,3)22-10(19)17-8-4-6(12(14,15)16)7(13)5-9(8)18(20)21/h4-5H,1-3H3,(H,17,19). The van der Waals surface area contributed by atoms with Crippen molar-refractivity contribution in [2.75, 3.05) is 5.32 Å². The number of nitrogens with one attached hydrogen (secondary N) is 1. The summed E-state index contributed by atoms with van der Waals surface area (Å²) in [6, 6.07) is 0.918. The van der Waals surface area contributed by atoms with Gasteiger partial charge in [-0.05, 0) is 26.8 Å². The molecule has 0 aliphatic rings. The van der Waals surface area contributed by atoms with Crippen LogP contribution in [0.4, 0.5) is 29.3 Å². The molecular formula is C12H12ClF3N2O4. The summed E-state index contributed by atoms with van der Waals surface area (Å²) in [5, 5.41) is 12.0. The first-order valence-electron chi connectivity index (χ1n) is 5.86. The van der Waals surface area contributed by atoms with Crippen LogP contribution in [0.2, 0.25) is 5.02 Å². The fourth-order valence-electron chi connectivity index (χ4n) is 1.44. The highest BCUT2D eigenvalue weighted by Gasteiger charge is 2.36. The molecule has 0 saturated carbocycles. The zero-order chi connectivity index (χ0) is 17.3. The SMILES string of the molecule is CC(C)(C)OC(=O)Nc1cc(C(F)(F)F)c(Cl)cc1[N+](=O)[O-]. The smallest absolute Gasteiger partial charge is 0.417 e. The third kappa shape index (κ3) is 4.76. The van der Waals surface area contributed by atoms with E-state index in [9.17, 15) is 28.1 Å². The summed E-state index contributed by atoms with van der Waals surface area (Å²) in [7, 11) is 0. The first-order valence-corrected chi connectivity index (χ1v) is 6.24. The summed E-state index contributed by atoms with van der Waals surface area (Å²) < 4.78 is 43.2. The molecule has 1 aromatic carbocycles. The van der Waals surface area contributed by atoms with Gasteiger partial charge in [-0.2, -0.15) is 13.2 Å². The second-order valence-electron chi connectivity index (χ2n) is 5.23. The molecule has 0 spiro atoms. The van der Waals surface area contributed by atoms with E-state index in [-0.39, 0.29) is 0 Å². The highest BCUT2D eigenvalue weighted by molar-refractivity contribution is 6.31. The summed E-state index contributed by atoms with van der Waals surface area (Å²) in [6.45, 7) is 4.60. The molecule has 0 bridgehead atoms. The van der Waals surface area contributed by atoms with Gasteiger partial charge in [-0.25, -0.2) is 4.79 Å². The summed E-state index contributed by atoms with van der Waals surface area (Å²) >= 11 is 5.40. The number of alkyl halides is 3. The Labute approximate surface area is 128 Å². The van der Waals surface area contributed by atoms with E-state index in [2.05, 4.69) is 0 Å². The van der Waals surface area contributed by atoms with Gasteiger partial charge in [0, 0.05) is 6.07 Å². The Balaban J connectivity index is 3.26. The van der Waals surface area contributed by atoms with E-state index >= 15 is 0 Å². The van der Waals surface area contributed by atoms with Gasteiger partial charge < -0.3 is 4.74 Å². The van der Waals surface area contributed by atoms with Crippen molar-refractivity contribution in [2.24, 2.45) is 0 Å². The maximum absolute atomic E-state index is 12.8. The van der Waals surface area contributed by atoms with Gasteiger partial charge in [0.2, 0.25) is 0 Å². The molecule has 0 atom stereocenters. The molecule has 0 fully saturated rings. The van der Waals surface area contributed by atoms with Crippen molar-refractivity contribution in [3.05, 3.63) is 32.8 Å². The van der Waals surface area contributed by atoms with Crippen LogP contribution in [0.1, 0.15) is 26.3 Å². The lowest BCUT2D eigenvalue weighted by atomic mass is 10.1. The number of halogens is 4. The molecule has 0 saturated heterocycles. The molecule has 1 aromatic rings. The maximum Gasteiger partial charge on any atom is 0.417 e. The molecule has 0 radical (unpaired) electrons. The number of nitro groups is 1. The largest absolute Gasteiger partial charge is 0.444 e. The van der Waals surface area contributed by atoms with Crippen molar-refractivity contribution in [1.82, 2.24) is 0 Å². The lowest BCUT2D eigenvalue weighted by Gasteiger charge is -2.20. The fourth-order valence-corrected chi connectivity index (χ4v) is 1.71. The van der Waals surface area contributed by atoms with Gasteiger partial charge in [-0.1, -0.05) is 11.6 Å². The Bertz CT molecular complexity index is 612. The molecule has 1 rings (SSSR count). The lowest BCUT2D eigenvalue weighted by Crippen LogP contribution is -2.27. The molecule has 122 valence electrons. The van der Waals surface area contributed by atoms with E-state index in [0.717, 1.165) is 0 Å². The predicted molar refractivity (Wildman–Crippen MR) is 73.0 cm³/mol. The average molecular weight is 341 g/mol. The molecule has 1 amide bonds. The third-order valence-corrected chi connectivity index (χ3v) is 2.54. The summed E-state index contributed by atoms with van der Waals surface area (Å²) in [4.78, 5) is 21.5. The number of rotatable bonds is 2. The van der Waals surface area contributed by atoms with Crippen LogP contribution in [0.5, 0.6) is 0 Å². The lowest BCUT2D eigenvalue weighted by molar-refractivity contribution is -0.384. The van der Waals surface area contributed by atoms with Gasteiger partial charge >= 0.3 is 12.3 Å². The number of hydrogen-bond acceptors (Lipinski definition) is 4. The second kappa shape index (κ2) is 5.99. The first kappa shape index (κ1) is 18.0. The third-order valence-electron chi connectivity index (χ3n) is 2.22. The van der Waals surface area contributed by atoms with Gasteiger partial charge in [0.25, 0.3) is 5.69 Å². The molecule has 0 aliphatic heterocycles. The minimum absolute atomic E-state index is 0.393. The normalized spacial score (nSPS) is 12.0. The van der Waals surface area contributed by atoms with Gasteiger partial charge in [0.1, 0.15) is 11.3 Å². The Morgan fingerprint density at radius 2 is 1.86 bits per heavy atom. The van der Waals surface area contributed by atoms with E-state index in [0.29, 0.717) is 12.1 Å². The van der Waals surface area contributed by atoms with Crippen LogP contribution in [-0.4, -0.2) is 16.6 Å². The Kier molecular flexibility index (Phi) is 4.91. The van der Waals surface area contributed by atoms with Gasteiger partial charge in [0.15, 0.2) is 0 Å². The number of nitrogens with zero attached hydrogens (tertiary/aromatic N) is 1. The van der Waals surface area contributed by atoms with E-state index in [1.54, 1.807) is 0 Å². The van der Waals surface area contributed by atoms with Crippen molar-refractivity contribution in [3.8, 4) is 0 Å². The molecule has 0 unspecified atom stereocenters.